The van der Waals surface area contributed by atoms with Crippen LogP contribution in [0.1, 0.15) is 24.8 Å². The van der Waals surface area contributed by atoms with E-state index in [1.165, 1.54) is 37.0 Å². The van der Waals surface area contributed by atoms with Crippen LogP contribution in [0.4, 0.5) is 10.1 Å². The van der Waals surface area contributed by atoms with E-state index >= 15 is 0 Å². The Morgan fingerprint density at radius 1 is 0.909 bits per heavy atom. The molecule has 0 saturated carbocycles. The number of nitrogens with zero attached hydrogens (tertiary/aromatic N) is 7. The summed E-state index contributed by atoms with van der Waals surface area (Å²) >= 11 is 0. The number of piperidine rings is 1. The molecule has 11 heteroatoms. The van der Waals surface area contributed by atoms with Crippen LogP contribution in [0.25, 0.3) is 56.1 Å². The largest absolute Gasteiger partial charge is 0.384 e. The molecule has 7 rings (SSSR count). The van der Waals surface area contributed by atoms with Crippen molar-refractivity contribution in [3.05, 3.63) is 72.4 Å². The highest BCUT2D eigenvalue weighted by atomic mass is 19.1. The van der Waals surface area contributed by atoms with Crippen LogP contribution in [0.15, 0.2) is 61.1 Å². The van der Waals surface area contributed by atoms with Crippen LogP contribution in [0.5, 0.6) is 0 Å². The molecule has 3 N–H and O–H groups in total. The monoisotopic (exact) mass is 590 g/mol. The molecule has 6 aromatic rings. The zero-order chi connectivity index (χ0) is 30.0. The Morgan fingerprint density at radius 2 is 1.77 bits per heavy atom. The van der Waals surface area contributed by atoms with E-state index in [0.29, 0.717) is 46.0 Å². The Labute approximate surface area is 254 Å². The highest BCUT2D eigenvalue weighted by Gasteiger charge is 2.18. The van der Waals surface area contributed by atoms with Crippen molar-refractivity contribution in [3.63, 3.8) is 0 Å². The molecule has 1 fully saturated rings. The highest BCUT2D eigenvalue weighted by Crippen LogP contribution is 2.32. The van der Waals surface area contributed by atoms with Crippen LogP contribution in [0, 0.1) is 5.82 Å². The van der Waals surface area contributed by atoms with Gasteiger partial charge in [0.15, 0.2) is 11.5 Å². The topological polar surface area (TPSA) is 115 Å². The van der Waals surface area contributed by atoms with Crippen molar-refractivity contribution >= 4 is 27.8 Å². The summed E-state index contributed by atoms with van der Waals surface area (Å²) < 4.78 is 14.7. The van der Waals surface area contributed by atoms with Gasteiger partial charge in [0.05, 0.1) is 22.4 Å². The van der Waals surface area contributed by atoms with Gasteiger partial charge in [0.25, 0.3) is 0 Å². The number of aromatic nitrogens is 7. The van der Waals surface area contributed by atoms with E-state index in [1.807, 2.05) is 50.8 Å². The molecule has 1 aliphatic rings. The van der Waals surface area contributed by atoms with Crippen molar-refractivity contribution in [1.82, 2.24) is 44.9 Å². The van der Waals surface area contributed by atoms with Crippen LogP contribution in [0.2, 0.25) is 0 Å². The van der Waals surface area contributed by atoms with Crippen LogP contribution < -0.4 is 5.32 Å². The number of hydrogen-bond acceptors (Lipinski definition) is 8. The number of anilines is 1. The maximum Gasteiger partial charge on any atom is 0.161 e. The minimum atomic E-state index is -0.339. The first-order valence-electron chi connectivity index (χ1n) is 15.1. The molecule has 1 saturated heterocycles. The van der Waals surface area contributed by atoms with Crippen molar-refractivity contribution in [2.24, 2.45) is 0 Å². The number of pyridine rings is 3. The SMILES string of the molecule is CN(C)CCNc1cc(F)cc(-c2nccc3[nH]c(-c4n[nH]c5ccc(-c6cncc(CN7CCCCC7)c6)nc45)nc23)c1. The molecule has 224 valence electrons. The van der Waals surface area contributed by atoms with Crippen molar-refractivity contribution in [3.8, 4) is 34.0 Å². The molecule has 0 amide bonds. The average molecular weight is 591 g/mol. The number of likely N-dealkylation sites (N-methyl/N-ethyl adjacent to an activating group) is 1. The summed E-state index contributed by atoms with van der Waals surface area (Å²) in [6, 6.07) is 12.9. The molecule has 0 radical (unpaired) electrons. The average Bonchev–Trinajstić information content (AvgIpc) is 3.65. The Morgan fingerprint density at radius 3 is 2.64 bits per heavy atom. The van der Waals surface area contributed by atoms with Gasteiger partial charge in [-0.3, -0.25) is 20.0 Å². The van der Waals surface area contributed by atoms with Gasteiger partial charge in [-0.2, -0.15) is 5.10 Å². The predicted molar refractivity (Wildman–Crippen MR) is 172 cm³/mol. The van der Waals surface area contributed by atoms with Gasteiger partial charge >= 0.3 is 0 Å². The molecule has 1 aliphatic heterocycles. The van der Waals surface area contributed by atoms with Crippen molar-refractivity contribution in [1.29, 1.82) is 0 Å². The maximum atomic E-state index is 14.7. The van der Waals surface area contributed by atoms with E-state index in [4.69, 9.17) is 9.97 Å². The molecule has 5 aromatic heterocycles. The lowest BCUT2D eigenvalue weighted by atomic mass is 10.1. The van der Waals surface area contributed by atoms with Crippen molar-refractivity contribution in [2.45, 2.75) is 25.8 Å². The fourth-order valence-corrected chi connectivity index (χ4v) is 5.83. The number of rotatable bonds is 9. The molecular formula is C33H35FN10. The maximum absolute atomic E-state index is 14.7. The third-order valence-electron chi connectivity index (χ3n) is 8.04. The molecule has 0 atom stereocenters. The minimum Gasteiger partial charge on any atom is -0.384 e. The van der Waals surface area contributed by atoms with Gasteiger partial charge in [0.2, 0.25) is 0 Å². The Kier molecular flexibility index (Phi) is 7.71. The number of fused-ring (bicyclic) bond motifs is 2. The number of aromatic amines is 2. The lowest BCUT2D eigenvalue weighted by molar-refractivity contribution is 0.220. The summed E-state index contributed by atoms with van der Waals surface area (Å²) in [5.41, 5.74) is 8.42. The fraction of sp³-hybridized carbons (Fsp3) is 0.303. The Bertz CT molecular complexity index is 1920. The van der Waals surface area contributed by atoms with E-state index in [1.54, 1.807) is 6.20 Å². The second-order valence-electron chi connectivity index (χ2n) is 11.7. The molecule has 0 unspecified atom stereocenters. The van der Waals surface area contributed by atoms with Gasteiger partial charge in [-0.15, -0.1) is 0 Å². The fourth-order valence-electron chi connectivity index (χ4n) is 5.83. The van der Waals surface area contributed by atoms with E-state index < -0.39 is 0 Å². The summed E-state index contributed by atoms with van der Waals surface area (Å²) in [5.74, 6) is 0.219. The minimum absolute atomic E-state index is 0.339. The molecule has 0 spiro atoms. The summed E-state index contributed by atoms with van der Waals surface area (Å²) in [6.07, 6.45) is 9.33. The standard InChI is InChI=1S/C33H35FN10/c1-43(2)13-10-36-25-16-22(15-24(34)17-25)29-30-27(8-9-37-29)39-33(40-30)32-31-28(41-42-32)7-6-26(38-31)23-14-21(18-35-19-23)20-44-11-4-3-5-12-44/h6-9,14-19,36H,3-5,10-13,20H2,1-2H3,(H,39,40)(H,41,42). The summed E-state index contributed by atoms with van der Waals surface area (Å²) in [5, 5.41) is 11.0. The lowest BCUT2D eigenvalue weighted by Crippen LogP contribution is -2.29. The number of benzene rings is 1. The first kappa shape index (κ1) is 28.1. The second kappa shape index (κ2) is 12.1. The number of halogens is 1. The third kappa shape index (κ3) is 5.88. The van der Waals surface area contributed by atoms with Crippen molar-refractivity contribution in [2.75, 3.05) is 45.6 Å². The van der Waals surface area contributed by atoms with Crippen LogP contribution in [-0.4, -0.2) is 85.2 Å². The molecule has 10 nitrogen and oxygen atoms in total. The van der Waals surface area contributed by atoms with Gasteiger partial charge in [0.1, 0.15) is 16.9 Å². The Hall–Kier alpha value is -4.74. The smallest absolute Gasteiger partial charge is 0.161 e. The van der Waals surface area contributed by atoms with E-state index in [2.05, 4.69) is 46.3 Å². The van der Waals surface area contributed by atoms with E-state index in [9.17, 15) is 4.39 Å². The van der Waals surface area contributed by atoms with Crippen LogP contribution >= 0.6 is 0 Å². The number of imidazole rings is 1. The lowest BCUT2D eigenvalue weighted by Gasteiger charge is -2.26. The molecule has 0 bridgehead atoms. The van der Waals surface area contributed by atoms with Gasteiger partial charge < -0.3 is 15.2 Å². The Balaban J connectivity index is 1.21. The second-order valence-corrected chi connectivity index (χ2v) is 11.7. The van der Waals surface area contributed by atoms with E-state index in [-0.39, 0.29) is 5.82 Å². The van der Waals surface area contributed by atoms with Crippen LogP contribution in [0.3, 0.4) is 0 Å². The van der Waals surface area contributed by atoms with Gasteiger partial charge in [-0.1, -0.05) is 6.42 Å². The zero-order valence-electron chi connectivity index (χ0n) is 24.9. The zero-order valence-corrected chi connectivity index (χ0v) is 24.9. The number of H-pyrrole nitrogens is 2. The normalized spacial score (nSPS) is 14.2. The number of likely N-dealkylation sites (tertiary alicyclic amines) is 1. The summed E-state index contributed by atoms with van der Waals surface area (Å²) in [4.78, 5) is 27.0. The van der Waals surface area contributed by atoms with Gasteiger partial charge in [-0.25, -0.2) is 14.4 Å². The van der Waals surface area contributed by atoms with E-state index in [0.717, 1.165) is 48.5 Å². The van der Waals surface area contributed by atoms with Crippen LogP contribution in [-0.2, 0) is 6.54 Å². The molecular weight excluding hydrogens is 555 g/mol. The summed E-state index contributed by atoms with van der Waals surface area (Å²) in [6.45, 7) is 4.69. The first-order valence-corrected chi connectivity index (χ1v) is 15.1. The molecule has 0 aliphatic carbocycles. The quantitative estimate of drug-likeness (QED) is 0.196. The van der Waals surface area contributed by atoms with Gasteiger partial charge in [-0.05, 0) is 88.1 Å². The predicted octanol–water partition coefficient (Wildman–Crippen LogP) is 5.72. The first-order chi connectivity index (χ1) is 21.5. The molecule has 6 heterocycles. The van der Waals surface area contributed by atoms with Crippen molar-refractivity contribution < 1.29 is 4.39 Å². The highest BCUT2D eigenvalue weighted by molar-refractivity contribution is 5.95. The number of nitrogens with one attached hydrogen (secondary N) is 3. The number of hydrogen-bond donors (Lipinski definition) is 3. The third-order valence-corrected chi connectivity index (χ3v) is 8.04. The molecule has 44 heavy (non-hydrogen) atoms. The summed E-state index contributed by atoms with van der Waals surface area (Å²) in [7, 11) is 4.01. The van der Waals surface area contributed by atoms with Gasteiger partial charge in [0, 0.05) is 55.0 Å². The molecule has 1 aromatic carbocycles.